The van der Waals surface area contributed by atoms with Crippen LogP contribution in [0.25, 0.3) is 52.9 Å². The number of aromatic nitrogens is 3. The molecular weight excluding hydrogens is 818 g/mol. The third kappa shape index (κ3) is 8.06. The van der Waals surface area contributed by atoms with Crippen molar-refractivity contribution in [3.8, 4) is 33.6 Å². The number of aryl methyl sites for hydroxylation is 4. The van der Waals surface area contributed by atoms with Gasteiger partial charge in [-0.05, 0) is 48.1 Å². The summed E-state index contributed by atoms with van der Waals surface area (Å²) in [6, 6.07) is 34.7. The largest absolute Gasteiger partial charge is 0 e. The standard InChI is InChI=1S/C25H28N.C17H11N2Se.Ir/c1-17-7-10-22(24-13-18(2)19(3)16-26-24)14-23(17)21-11-8-20(9-12-21)15-25(4,5)6;1-11-12(6-4-8-18-11)15-9-14-13-5-2-3-7-16(13)20-17(14)10-19-15;/h7-9,11-14,16H,15H2,1-6H3;2-5,7-10H,1H3;/q2*-1;. The Morgan fingerprint density at radius 1 is 0.702 bits per heavy atom. The third-order valence-corrected chi connectivity index (χ3v) is 10.6. The molecule has 47 heavy (non-hydrogen) atoms. The molecule has 0 aliphatic heterocycles. The topological polar surface area (TPSA) is 38.7 Å². The SMILES string of the molecule is Cc1cnc(-c2[c-]cc(C)c(-c3ccc(CC(C)(C)C)cc3)c2)cc1C.Cc1ncc[c-]c1-c1cc2c(cn1)[se]c1ccccc12.[Ir]. The van der Waals surface area contributed by atoms with E-state index >= 15 is 0 Å². The van der Waals surface area contributed by atoms with E-state index in [-0.39, 0.29) is 20.1 Å². The van der Waals surface area contributed by atoms with E-state index in [1.165, 1.54) is 52.7 Å². The van der Waals surface area contributed by atoms with E-state index < -0.39 is 0 Å². The van der Waals surface area contributed by atoms with Gasteiger partial charge < -0.3 is 4.98 Å². The molecule has 1 radical (unpaired) electrons. The zero-order chi connectivity index (χ0) is 32.4. The van der Waals surface area contributed by atoms with Gasteiger partial charge in [-0.15, -0.1) is 29.3 Å². The normalized spacial score (nSPS) is 11.2. The molecule has 0 N–H and O–H groups in total. The van der Waals surface area contributed by atoms with Gasteiger partial charge in [-0.1, -0.05) is 69.2 Å². The van der Waals surface area contributed by atoms with Crippen molar-refractivity contribution in [2.75, 3.05) is 0 Å². The molecule has 4 heterocycles. The van der Waals surface area contributed by atoms with E-state index in [1.54, 1.807) is 6.20 Å². The van der Waals surface area contributed by atoms with Crippen LogP contribution in [0.3, 0.4) is 0 Å². The van der Waals surface area contributed by atoms with Crippen LogP contribution < -0.4 is 0 Å². The maximum absolute atomic E-state index is 4.61. The number of hydrogen-bond donors (Lipinski definition) is 0. The molecule has 0 aliphatic carbocycles. The van der Waals surface area contributed by atoms with Gasteiger partial charge in [0.15, 0.2) is 0 Å². The Balaban J connectivity index is 0.000000186. The maximum atomic E-state index is 4.61. The van der Waals surface area contributed by atoms with Gasteiger partial charge in [-0.3, -0.25) is 0 Å². The molecule has 0 aliphatic rings. The minimum absolute atomic E-state index is 0. The first-order valence-electron chi connectivity index (χ1n) is 15.7. The van der Waals surface area contributed by atoms with Crippen molar-refractivity contribution in [3.63, 3.8) is 0 Å². The molecule has 0 saturated carbocycles. The van der Waals surface area contributed by atoms with E-state index in [2.05, 4.69) is 141 Å². The predicted molar refractivity (Wildman–Crippen MR) is 194 cm³/mol. The number of benzene rings is 3. The fraction of sp³-hybridized carbons (Fsp3) is 0.214. The summed E-state index contributed by atoms with van der Waals surface area (Å²) >= 11 is 0.380. The van der Waals surface area contributed by atoms with Crippen LogP contribution >= 0.6 is 0 Å². The molecule has 4 aromatic heterocycles. The van der Waals surface area contributed by atoms with Crippen LogP contribution in [0.1, 0.15) is 48.7 Å². The van der Waals surface area contributed by atoms with E-state index in [9.17, 15) is 0 Å². The molecule has 5 heteroatoms. The maximum Gasteiger partial charge on any atom is 0 e. The summed E-state index contributed by atoms with van der Waals surface area (Å²) in [6.45, 7) is 15.2. The van der Waals surface area contributed by atoms with Crippen molar-refractivity contribution in [2.24, 2.45) is 5.41 Å². The Kier molecular flexibility index (Phi) is 10.7. The Morgan fingerprint density at radius 2 is 1.45 bits per heavy atom. The minimum atomic E-state index is 0. The van der Waals surface area contributed by atoms with Gasteiger partial charge in [0, 0.05) is 26.3 Å². The summed E-state index contributed by atoms with van der Waals surface area (Å²) in [5.41, 5.74) is 12.9. The van der Waals surface area contributed by atoms with Crippen LogP contribution in [-0.4, -0.2) is 29.5 Å². The summed E-state index contributed by atoms with van der Waals surface area (Å²) in [5.74, 6) is 0. The van der Waals surface area contributed by atoms with Gasteiger partial charge in [-0.2, -0.15) is 0 Å². The summed E-state index contributed by atoms with van der Waals surface area (Å²) in [7, 11) is 0. The van der Waals surface area contributed by atoms with Gasteiger partial charge in [-0.25, -0.2) is 0 Å². The summed E-state index contributed by atoms with van der Waals surface area (Å²) in [5, 5.41) is 2.68. The van der Waals surface area contributed by atoms with Crippen molar-refractivity contribution < 1.29 is 20.1 Å². The van der Waals surface area contributed by atoms with E-state index in [0.29, 0.717) is 19.9 Å². The van der Waals surface area contributed by atoms with Crippen molar-refractivity contribution >= 4 is 33.8 Å². The Bertz CT molecular complexity index is 2160. The number of rotatable bonds is 4. The number of pyridine rings is 3. The Hall–Kier alpha value is -3.72. The third-order valence-electron chi connectivity index (χ3n) is 8.26. The molecule has 0 saturated heterocycles. The van der Waals surface area contributed by atoms with Crippen LogP contribution in [0.15, 0.2) is 97.5 Å². The van der Waals surface area contributed by atoms with Crippen molar-refractivity contribution in [1.82, 2.24) is 15.0 Å². The second-order valence-corrected chi connectivity index (χ2v) is 15.5. The van der Waals surface area contributed by atoms with Gasteiger partial charge in [0.1, 0.15) is 0 Å². The molecule has 7 aromatic rings. The number of fused-ring (bicyclic) bond motifs is 3. The van der Waals surface area contributed by atoms with E-state index in [1.807, 2.05) is 25.4 Å². The molecule has 0 amide bonds. The Labute approximate surface area is 298 Å². The number of nitrogens with zero attached hydrogens (tertiary/aromatic N) is 3. The Morgan fingerprint density at radius 3 is 2.17 bits per heavy atom. The van der Waals surface area contributed by atoms with Crippen molar-refractivity contribution in [2.45, 2.75) is 54.9 Å². The fourth-order valence-corrected chi connectivity index (χ4v) is 7.89. The first kappa shape index (κ1) is 34.6. The first-order chi connectivity index (χ1) is 22.1. The summed E-state index contributed by atoms with van der Waals surface area (Å²) < 4.78 is 2.81. The first-order valence-corrected chi connectivity index (χ1v) is 17.4. The van der Waals surface area contributed by atoms with Crippen LogP contribution in [0, 0.1) is 45.2 Å². The fourth-order valence-electron chi connectivity index (χ4n) is 5.67. The monoisotopic (exact) mass is 858 g/mol. The van der Waals surface area contributed by atoms with Crippen molar-refractivity contribution in [1.29, 1.82) is 0 Å². The van der Waals surface area contributed by atoms with Gasteiger partial charge in [0.2, 0.25) is 0 Å². The molecule has 0 bridgehead atoms. The van der Waals surface area contributed by atoms with Crippen LogP contribution in [0.4, 0.5) is 0 Å². The smallest absolute Gasteiger partial charge is 0 e. The van der Waals surface area contributed by atoms with Crippen LogP contribution in [0.5, 0.6) is 0 Å². The summed E-state index contributed by atoms with van der Waals surface area (Å²) in [6.07, 6.45) is 6.82. The molecule has 0 spiro atoms. The van der Waals surface area contributed by atoms with Gasteiger partial charge in [0.25, 0.3) is 0 Å². The molecule has 239 valence electrons. The average Bonchev–Trinajstić information content (AvgIpc) is 3.41. The van der Waals surface area contributed by atoms with Crippen LogP contribution in [0.2, 0.25) is 0 Å². The van der Waals surface area contributed by atoms with Gasteiger partial charge in [0.05, 0.1) is 0 Å². The number of hydrogen-bond acceptors (Lipinski definition) is 3. The zero-order valence-electron chi connectivity index (χ0n) is 28.0. The molecule has 0 atom stereocenters. The van der Waals surface area contributed by atoms with Crippen molar-refractivity contribution in [3.05, 3.63) is 138 Å². The quantitative estimate of drug-likeness (QED) is 0.131. The summed E-state index contributed by atoms with van der Waals surface area (Å²) in [4.78, 5) is 13.5. The predicted octanol–water partition coefficient (Wildman–Crippen LogP) is 10.3. The van der Waals surface area contributed by atoms with Crippen LogP contribution in [-0.2, 0) is 26.5 Å². The molecule has 0 unspecified atom stereocenters. The average molecular weight is 857 g/mol. The zero-order valence-corrected chi connectivity index (χ0v) is 32.1. The minimum Gasteiger partial charge on any atom is 0 e. The molecular formula is C42H39IrN3Se-2. The van der Waals surface area contributed by atoms with E-state index in [0.717, 1.165) is 34.6 Å². The molecule has 7 rings (SSSR count). The second-order valence-electron chi connectivity index (χ2n) is 13.2. The van der Waals surface area contributed by atoms with E-state index in [4.69, 9.17) is 0 Å². The second kappa shape index (κ2) is 14.6. The molecule has 0 fully saturated rings. The molecule has 3 nitrogen and oxygen atoms in total. The van der Waals surface area contributed by atoms with Gasteiger partial charge >= 0.3 is 122 Å². The molecule has 3 aromatic carbocycles.